The molecule has 3 aliphatic carbocycles. The van der Waals surface area contributed by atoms with E-state index in [1.165, 1.54) is 33.2 Å². The molecule has 0 amide bonds. The van der Waals surface area contributed by atoms with Crippen molar-refractivity contribution in [2.45, 2.75) is 38.7 Å². The summed E-state index contributed by atoms with van der Waals surface area (Å²) in [4.78, 5) is 15.9. The van der Waals surface area contributed by atoms with Crippen LogP contribution in [0.4, 0.5) is 0 Å². The zero-order chi connectivity index (χ0) is 31.5. The van der Waals surface area contributed by atoms with Crippen molar-refractivity contribution >= 4 is 22.4 Å². The highest BCUT2D eigenvalue weighted by molar-refractivity contribution is 5.87. The Balaban J connectivity index is 1.29. The molecule has 1 aromatic heterocycles. The number of hydrogen-bond donors (Lipinski definition) is 0. The van der Waals surface area contributed by atoms with E-state index >= 15 is 0 Å². The molecule has 4 heteroatoms. The number of benzene rings is 4. The summed E-state index contributed by atoms with van der Waals surface area (Å²) >= 11 is 0. The van der Waals surface area contributed by atoms with E-state index in [1.807, 2.05) is 6.07 Å². The van der Waals surface area contributed by atoms with Gasteiger partial charge in [-0.2, -0.15) is 0 Å². The zero-order valence-corrected chi connectivity index (χ0v) is 26.6. The minimum atomic E-state index is -0.121. The Kier molecular flexibility index (Phi) is 6.63. The maximum absolute atomic E-state index is 6.54. The maximum atomic E-state index is 6.54. The van der Waals surface area contributed by atoms with Gasteiger partial charge in [0.25, 0.3) is 0 Å². The van der Waals surface area contributed by atoms with E-state index in [2.05, 4.69) is 135 Å². The highest BCUT2D eigenvalue weighted by atomic mass is 16.5. The highest BCUT2D eigenvalue weighted by Gasteiger charge is 2.41. The molecule has 0 saturated heterocycles. The fourth-order valence-corrected chi connectivity index (χ4v) is 7.59. The van der Waals surface area contributed by atoms with Gasteiger partial charge in [-0.15, -0.1) is 0 Å². The van der Waals surface area contributed by atoms with Crippen LogP contribution < -0.4 is 4.74 Å². The quantitative estimate of drug-likeness (QED) is 0.203. The lowest BCUT2D eigenvalue weighted by molar-refractivity contribution is 0.271. The maximum Gasteiger partial charge on any atom is 0.164 e. The Morgan fingerprint density at radius 3 is 2.28 bits per heavy atom. The SMILES string of the molecule is CC1C=CC=C(C2=C(c3nc(-c4ccc5c(c4)CC(C)C=C5)nc(-c4ccc5ccccc5c4)n3)C3c4ccccc4OC3C=C2)C1. The summed E-state index contributed by atoms with van der Waals surface area (Å²) in [7, 11) is 0. The minimum absolute atomic E-state index is 0.0254. The van der Waals surface area contributed by atoms with Gasteiger partial charge in [0.15, 0.2) is 17.5 Å². The number of fused-ring (bicyclic) bond motifs is 5. The molecule has 0 radical (unpaired) electrons. The van der Waals surface area contributed by atoms with Crippen LogP contribution >= 0.6 is 0 Å². The monoisotopic (exact) mass is 609 g/mol. The third-order valence-corrected chi connectivity index (χ3v) is 9.96. The van der Waals surface area contributed by atoms with Crippen molar-refractivity contribution in [3.05, 3.63) is 155 Å². The van der Waals surface area contributed by atoms with E-state index in [1.54, 1.807) is 0 Å². The first-order valence-electron chi connectivity index (χ1n) is 16.7. The Morgan fingerprint density at radius 1 is 0.660 bits per heavy atom. The molecule has 0 bridgehead atoms. The van der Waals surface area contributed by atoms with Crippen LogP contribution in [0.5, 0.6) is 5.75 Å². The van der Waals surface area contributed by atoms with Crippen molar-refractivity contribution in [2.75, 3.05) is 0 Å². The van der Waals surface area contributed by atoms with Gasteiger partial charge in [-0.25, -0.2) is 15.0 Å². The molecule has 4 unspecified atom stereocenters. The van der Waals surface area contributed by atoms with E-state index in [9.17, 15) is 0 Å². The van der Waals surface area contributed by atoms with Gasteiger partial charge in [0, 0.05) is 22.3 Å². The Hall–Kier alpha value is -5.35. The number of aromatic nitrogens is 3. The zero-order valence-electron chi connectivity index (χ0n) is 26.6. The Labute approximate surface area is 275 Å². The van der Waals surface area contributed by atoms with Crippen LogP contribution in [0, 0.1) is 11.8 Å². The van der Waals surface area contributed by atoms with Crippen LogP contribution in [0.2, 0.25) is 0 Å². The number of nitrogens with zero attached hydrogens (tertiary/aromatic N) is 3. The number of para-hydroxylation sites is 1. The minimum Gasteiger partial charge on any atom is -0.485 e. The van der Waals surface area contributed by atoms with Gasteiger partial charge >= 0.3 is 0 Å². The van der Waals surface area contributed by atoms with Gasteiger partial charge in [-0.1, -0.05) is 117 Å². The Bertz CT molecular complexity index is 2240. The van der Waals surface area contributed by atoms with Gasteiger partial charge in [0.2, 0.25) is 0 Å². The van der Waals surface area contributed by atoms with Gasteiger partial charge < -0.3 is 4.74 Å². The normalized spacial score (nSPS) is 22.5. The molecule has 0 N–H and O–H groups in total. The smallest absolute Gasteiger partial charge is 0.164 e. The van der Waals surface area contributed by atoms with Crippen LogP contribution in [-0.2, 0) is 6.42 Å². The lowest BCUT2D eigenvalue weighted by Crippen LogP contribution is -2.23. The number of rotatable bonds is 4. The van der Waals surface area contributed by atoms with Crippen molar-refractivity contribution in [1.29, 1.82) is 0 Å². The third-order valence-electron chi connectivity index (χ3n) is 9.96. The van der Waals surface area contributed by atoms with Crippen LogP contribution in [0.15, 0.2) is 133 Å². The molecule has 228 valence electrons. The number of allylic oxidation sites excluding steroid dienone is 7. The van der Waals surface area contributed by atoms with Crippen molar-refractivity contribution in [1.82, 2.24) is 15.0 Å². The second kappa shape index (κ2) is 11.2. The molecule has 0 fully saturated rings. The lowest BCUT2D eigenvalue weighted by atomic mass is 9.77. The predicted molar refractivity (Wildman–Crippen MR) is 191 cm³/mol. The molecule has 5 aromatic rings. The van der Waals surface area contributed by atoms with Crippen molar-refractivity contribution in [3.63, 3.8) is 0 Å². The molecule has 4 nitrogen and oxygen atoms in total. The molecule has 1 aliphatic heterocycles. The first-order valence-corrected chi connectivity index (χ1v) is 16.7. The van der Waals surface area contributed by atoms with E-state index in [0.29, 0.717) is 29.3 Å². The molecule has 4 aliphatic rings. The Morgan fingerprint density at radius 2 is 1.40 bits per heavy atom. The average molecular weight is 610 g/mol. The average Bonchev–Trinajstić information content (AvgIpc) is 3.49. The van der Waals surface area contributed by atoms with Crippen molar-refractivity contribution in [3.8, 4) is 28.5 Å². The molecular formula is C43H35N3O. The molecule has 0 saturated carbocycles. The van der Waals surface area contributed by atoms with E-state index in [0.717, 1.165) is 40.7 Å². The van der Waals surface area contributed by atoms with Gasteiger partial charge in [0.1, 0.15) is 11.9 Å². The van der Waals surface area contributed by atoms with Gasteiger partial charge in [-0.05, 0) is 82.0 Å². The summed E-state index contributed by atoms with van der Waals surface area (Å²) in [5, 5.41) is 2.36. The standard InChI is InChI=1S/C43H35N3O/c1-26-8-7-11-31(22-26)35-20-21-38-39(36-12-5-6-13-37(36)47-38)40(35)43-45-41(32-18-16-28-9-3-4-10-30(28)24-32)44-42(46-43)33-19-17-29-15-14-27(2)23-34(29)25-33/h3-21,24-27,38-39H,22-23H2,1-2H3. The predicted octanol–water partition coefficient (Wildman–Crippen LogP) is 9.95. The first-order chi connectivity index (χ1) is 23.1. The molecule has 0 spiro atoms. The van der Waals surface area contributed by atoms with Gasteiger partial charge in [-0.3, -0.25) is 0 Å². The van der Waals surface area contributed by atoms with Crippen LogP contribution in [0.1, 0.15) is 48.7 Å². The number of ether oxygens (including phenoxy) is 1. The van der Waals surface area contributed by atoms with Gasteiger partial charge in [0.05, 0.1) is 5.92 Å². The summed E-state index contributed by atoms with van der Waals surface area (Å²) in [6, 6.07) is 30.0. The second-order valence-corrected chi connectivity index (χ2v) is 13.4. The molecule has 9 rings (SSSR count). The van der Waals surface area contributed by atoms with Crippen LogP contribution in [0.25, 0.3) is 45.2 Å². The summed E-state index contributed by atoms with van der Waals surface area (Å²) in [5.74, 6) is 3.94. The summed E-state index contributed by atoms with van der Waals surface area (Å²) in [6.45, 7) is 4.54. The lowest BCUT2D eigenvalue weighted by Gasteiger charge is -2.28. The van der Waals surface area contributed by atoms with E-state index < -0.39 is 0 Å². The summed E-state index contributed by atoms with van der Waals surface area (Å²) in [5.41, 5.74) is 9.37. The molecule has 2 heterocycles. The second-order valence-electron chi connectivity index (χ2n) is 13.4. The fourth-order valence-electron chi connectivity index (χ4n) is 7.59. The topological polar surface area (TPSA) is 47.9 Å². The van der Waals surface area contributed by atoms with E-state index in [-0.39, 0.29) is 12.0 Å². The summed E-state index contributed by atoms with van der Waals surface area (Å²) < 4.78 is 6.54. The molecule has 4 atom stereocenters. The van der Waals surface area contributed by atoms with Crippen molar-refractivity contribution in [2.24, 2.45) is 11.8 Å². The van der Waals surface area contributed by atoms with Crippen LogP contribution in [0.3, 0.4) is 0 Å². The van der Waals surface area contributed by atoms with Crippen LogP contribution in [-0.4, -0.2) is 21.1 Å². The van der Waals surface area contributed by atoms with E-state index in [4.69, 9.17) is 19.7 Å². The molecular weight excluding hydrogens is 574 g/mol. The highest BCUT2D eigenvalue weighted by Crippen LogP contribution is 2.51. The largest absolute Gasteiger partial charge is 0.485 e. The summed E-state index contributed by atoms with van der Waals surface area (Å²) in [6.07, 6.45) is 17.6. The fraction of sp³-hybridized carbons (Fsp3) is 0.186. The molecule has 47 heavy (non-hydrogen) atoms. The van der Waals surface area contributed by atoms with Crippen molar-refractivity contribution < 1.29 is 4.74 Å². The number of hydrogen-bond acceptors (Lipinski definition) is 4. The first kappa shape index (κ1) is 27.9. The molecule has 4 aromatic carbocycles. The third kappa shape index (κ3) is 4.96.